The van der Waals surface area contributed by atoms with Crippen molar-refractivity contribution in [3.05, 3.63) is 22.8 Å². The Morgan fingerprint density at radius 2 is 2.25 bits per heavy atom. The number of halogens is 2. The van der Waals surface area contributed by atoms with Gasteiger partial charge in [0, 0.05) is 6.04 Å². The summed E-state index contributed by atoms with van der Waals surface area (Å²) in [5.41, 5.74) is 6.23. The summed E-state index contributed by atoms with van der Waals surface area (Å²) in [5, 5.41) is -0.479. The zero-order valence-electron chi connectivity index (χ0n) is 6.55. The van der Waals surface area contributed by atoms with Crippen molar-refractivity contribution in [2.75, 3.05) is 0 Å². The molecule has 1 aliphatic carbocycles. The number of Topliss-reactive ketones (excluding diaryl/α,β-unsaturated/α-hetero) is 1. The highest BCUT2D eigenvalue weighted by Crippen LogP contribution is 2.23. The molecule has 0 aromatic heterocycles. The number of carbonyl (C=O) groups is 1. The van der Waals surface area contributed by atoms with E-state index in [0.717, 1.165) is 0 Å². The van der Waals surface area contributed by atoms with Crippen molar-refractivity contribution < 1.29 is 4.79 Å². The van der Waals surface area contributed by atoms with Gasteiger partial charge in [-0.05, 0) is 12.5 Å². The highest BCUT2D eigenvalue weighted by atomic mass is 35.5. The topological polar surface area (TPSA) is 43.1 Å². The average molecular weight is 206 g/mol. The first-order valence-corrected chi connectivity index (χ1v) is 4.37. The molecule has 66 valence electrons. The first-order chi connectivity index (χ1) is 5.54. The molecule has 0 spiro atoms. The molecule has 0 aliphatic heterocycles. The van der Waals surface area contributed by atoms with Crippen molar-refractivity contribution in [3.63, 3.8) is 0 Å². The smallest absolute Gasteiger partial charge is 0.196 e. The van der Waals surface area contributed by atoms with Crippen molar-refractivity contribution in [1.82, 2.24) is 0 Å². The molecule has 0 saturated carbocycles. The quantitative estimate of drug-likeness (QED) is 0.661. The van der Waals surface area contributed by atoms with Crippen LogP contribution in [0.4, 0.5) is 0 Å². The van der Waals surface area contributed by atoms with E-state index in [1.165, 1.54) is 0 Å². The van der Waals surface area contributed by atoms with E-state index < -0.39 is 5.38 Å². The number of nitrogens with two attached hydrogens (primary N) is 1. The molecule has 1 aliphatic rings. The molecular weight excluding hydrogens is 197 g/mol. The predicted octanol–water partition coefficient (Wildman–Crippen LogP) is 1.57. The van der Waals surface area contributed by atoms with E-state index in [0.29, 0.717) is 5.57 Å². The van der Waals surface area contributed by atoms with E-state index in [1.807, 2.05) is 0 Å². The monoisotopic (exact) mass is 205 g/mol. The third-order valence-corrected chi connectivity index (χ3v) is 2.40. The SMILES string of the molecule is CC(N)C1=C(Cl)C(=O)[C@@H](Cl)C=C1. The lowest BCUT2D eigenvalue weighted by Gasteiger charge is -2.15. The van der Waals surface area contributed by atoms with Gasteiger partial charge in [-0.15, -0.1) is 11.6 Å². The molecule has 2 N–H and O–H groups in total. The Balaban J connectivity index is 3.02. The molecule has 0 amide bonds. The van der Waals surface area contributed by atoms with E-state index in [2.05, 4.69) is 0 Å². The molecule has 0 fully saturated rings. The highest BCUT2D eigenvalue weighted by Gasteiger charge is 2.23. The van der Waals surface area contributed by atoms with Gasteiger partial charge in [0.15, 0.2) is 5.78 Å². The van der Waals surface area contributed by atoms with Crippen LogP contribution in [0.2, 0.25) is 0 Å². The molecule has 1 unspecified atom stereocenters. The number of alkyl halides is 1. The third-order valence-electron chi connectivity index (χ3n) is 1.66. The van der Waals surface area contributed by atoms with Gasteiger partial charge in [0.2, 0.25) is 0 Å². The highest BCUT2D eigenvalue weighted by molar-refractivity contribution is 6.49. The molecule has 0 aromatic rings. The zero-order chi connectivity index (χ0) is 9.30. The van der Waals surface area contributed by atoms with Gasteiger partial charge in [-0.3, -0.25) is 4.79 Å². The number of hydrogen-bond donors (Lipinski definition) is 1. The van der Waals surface area contributed by atoms with E-state index in [4.69, 9.17) is 28.9 Å². The van der Waals surface area contributed by atoms with Crippen LogP contribution in [0.5, 0.6) is 0 Å². The fourth-order valence-electron chi connectivity index (χ4n) is 0.964. The van der Waals surface area contributed by atoms with Crippen LogP contribution in [0.15, 0.2) is 22.8 Å². The molecule has 12 heavy (non-hydrogen) atoms. The van der Waals surface area contributed by atoms with Crippen molar-refractivity contribution in [1.29, 1.82) is 0 Å². The molecule has 1 rings (SSSR count). The van der Waals surface area contributed by atoms with Crippen LogP contribution in [0.25, 0.3) is 0 Å². The first kappa shape index (κ1) is 9.78. The predicted molar refractivity (Wildman–Crippen MR) is 50.3 cm³/mol. The number of ketones is 1. The Morgan fingerprint density at radius 3 is 2.75 bits per heavy atom. The second-order valence-corrected chi connectivity index (χ2v) is 3.53. The van der Waals surface area contributed by atoms with Gasteiger partial charge >= 0.3 is 0 Å². The fraction of sp³-hybridized carbons (Fsp3) is 0.375. The molecule has 0 bridgehead atoms. The van der Waals surface area contributed by atoms with Crippen LogP contribution in [0.1, 0.15) is 6.92 Å². The zero-order valence-corrected chi connectivity index (χ0v) is 8.06. The van der Waals surface area contributed by atoms with Crippen LogP contribution >= 0.6 is 23.2 Å². The van der Waals surface area contributed by atoms with Crippen molar-refractivity contribution in [2.24, 2.45) is 5.73 Å². The van der Waals surface area contributed by atoms with E-state index in [1.54, 1.807) is 19.1 Å². The number of allylic oxidation sites excluding steroid dienone is 2. The van der Waals surface area contributed by atoms with E-state index in [9.17, 15) is 4.79 Å². The second-order valence-electron chi connectivity index (χ2n) is 2.68. The fourth-order valence-corrected chi connectivity index (χ4v) is 1.55. The summed E-state index contributed by atoms with van der Waals surface area (Å²) in [7, 11) is 0. The maximum Gasteiger partial charge on any atom is 0.196 e. The number of carbonyl (C=O) groups excluding carboxylic acids is 1. The van der Waals surface area contributed by atoms with Gasteiger partial charge in [0.05, 0.1) is 5.03 Å². The summed E-state index contributed by atoms with van der Waals surface area (Å²) in [6, 6.07) is -0.234. The molecular formula is C8H9Cl2NO. The molecule has 4 heteroatoms. The lowest BCUT2D eigenvalue weighted by atomic mass is 10.0. The van der Waals surface area contributed by atoms with Gasteiger partial charge in [0.1, 0.15) is 5.38 Å². The van der Waals surface area contributed by atoms with Crippen LogP contribution in [0.3, 0.4) is 0 Å². The van der Waals surface area contributed by atoms with Crippen LogP contribution < -0.4 is 5.73 Å². The second kappa shape index (κ2) is 3.60. The minimum absolute atomic E-state index is 0.160. The number of hydrogen-bond acceptors (Lipinski definition) is 2. The first-order valence-electron chi connectivity index (χ1n) is 3.55. The van der Waals surface area contributed by atoms with Gasteiger partial charge < -0.3 is 5.73 Å². The summed E-state index contributed by atoms with van der Waals surface area (Å²) >= 11 is 11.4. The molecule has 2 nitrogen and oxygen atoms in total. The Labute approximate surface area is 81.0 Å². The van der Waals surface area contributed by atoms with Gasteiger partial charge in [-0.25, -0.2) is 0 Å². The maximum absolute atomic E-state index is 11.2. The maximum atomic E-state index is 11.2. The minimum Gasteiger partial charge on any atom is -0.324 e. The van der Waals surface area contributed by atoms with Crippen molar-refractivity contribution in [3.8, 4) is 0 Å². The molecule has 0 saturated heterocycles. The lowest BCUT2D eigenvalue weighted by Crippen LogP contribution is -2.25. The summed E-state index contributed by atoms with van der Waals surface area (Å²) in [6.45, 7) is 1.77. The largest absolute Gasteiger partial charge is 0.324 e. The Morgan fingerprint density at radius 1 is 1.67 bits per heavy atom. The molecule has 0 aromatic carbocycles. The minimum atomic E-state index is -0.639. The van der Waals surface area contributed by atoms with Crippen molar-refractivity contribution in [2.45, 2.75) is 18.3 Å². The Bertz CT molecular complexity index is 268. The van der Waals surface area contributed by atoms with Gasteiger partial charge in [-0.1, -0.05) is 23.8 Å². The summed E-state index contributed by atoms with van der Waals surface area (Å²) in [4.78, 5) is 11.2. The van der Waals surface area contributed by atoms with E-state index in [-0.39, 0.29) is 16.9 Å². The lowest BCUT2D eigenvalue weighted by molar-refractivity contribution is -0.114. The van der Waals surface area contributed by atoms with E-state index >= 15 is 0 Å². The molecule has 0 heterocycles. The number of rotatable bonds is 1. The normalized spacial score (nSPS) is 26.3. The Kier molecular flexibility index (Phi) is 2.94. The average Bonchev–Trinajstić information content (AvgIpc) is 2.00. The molecule has 2 atom stereocenters. The third kappa shape index (κ3) is 1.71. The molecule has 0 radical (unpaired) electrons. The van der Waals surface area contributed by atoms with Crippen LogP contribution in [-0.2, 0) is 4.79 Å². The van der Waals surface area contributed by atoms with Gasteiger partial charge in [0.25, 0.3) is 0 Å². The summed E-state index contributed by atoms with van der Waals surface area (Å²) in [6.07, 6.45) is 3.29. The summed E-state index contributed by atoms with van der Waals surface area (Å²) < 4.78 is 0. The summed E-state index contributed by atoms with van der Waals surface area (Å²) in [5.74, 6) is -0.270. The van der Waals surface area contributed by atoms with Crippen LogP contribution in [-0.4, -0.2) is 17.2 Å². The Hall–Kier alpha value is -0.310. The van der Waals surface area contributed by atoms with Gasteiger partial charge in [-0.2, -0.15) is 0 Å². The standard InChI is InChI=1S/C8H9Cl2NO/c1-4(11)5-2-3-6(9)8(12)7(5)10/h2-4,6H,11H2,1H3/t4?,6-/m0/s1. The van der Waals surface area contributed by atoms with Crippen molar-refractivity contribution >= 4 is 29.0 Å². The van der Waals surface area contributed by atoms with Crippen LogP contribution in [0, 0.1) is 0 Å².